The maximum atomic E-state index is 11.8. The van der Waals surface area contributed by atoms with Crippen LogP contribution < -0.4 is 9.47 Å². The number of hydrogen-bond donors (Lipinski definition) is 1. The van der Waals surface area contributed by atoms with Crippen LogP contribution in [-0.4, -0.2) is 45.9 Å². The zero-order valence-corrected chi connectivity index (χ0v) is 18.8. The van der Waals surface area contributed by atoms with Crippen LogP contribution in [0.3, 0.4) is 0 Å². The van der Waals surface area contributed by atoms with Crippen LogP contribution in [0.4, 0.5) is 0 Å². The molecule has 0 amide bonds. The molecule has 1 aromatic heterocycles. The summed E-state index contributed by atoms with van der Waals surface area (Å²) < 4.78 is 13.9. The van der Waals surface area contributed by atoms with Gasteiger partial charge in [-0.3, -0.25) is 4.90 Å². The van der Waals surface area contributed by atoms with Crippen LogP contribution >= 0.6 is 0 Å². The maximum absolute atomic E-state index is 11.8. The van der Waals surface area contributed by atoms with Crippen LogP contribution in [0.25, 0.3) is 0 Å². The van der Waals surface area contributed by atoms with E-state index in [4.69, 9.17) is 9.47 Å². The average Bonchev–Trinajstić information content (AvgIpc) is 3.41. The molecule has 1 aliphatic heterocycles. The van der Waals surface area contributed by atoms with Crippen LogP contribution in [0.2, 0.25) is 0 Å². The van der Waals surface area contributed by atoms with Crippen LogP contribution in [0.15, 0.2) is 30.6 Å². The highest BCUT2D eigenvalue weighted by atomic mass is 16.5. The Bertz CT molecular complexity index is 891. The molecular formula is C25H35N3O3. The normalized spacial score (nSPS) is 29.3. The molecule has 31 heavy (non-hydrogen) atoms. The number of imidazole rings is 1. The van der Waals surface area contributed by atoms with Crippen molar-refractivity contribution in [1.82, 2.24) is 14.5 Å². The molecule has 0 radical (unpaired) electrons. The minimum atomic E-state index is -0.816. The molecule has 1 aromatic carbocycles. The number of aryl methyl sites for hydroxylation is 1. The quantitative estimate of drug-likeness (QED) is 0.761. The number of ether oxygens (including phenoxy) is 2. The Balaban J connectivity index is 1.31. The molecule has 3 fully saturated rings. The molecule has 2 aliphatic carbocycles. The van der Waals surface area contributed by atoms with Gasteiger partial charge in [-0.05, 0) is 56.2 Å². The minimum absolute atomic E-state index is 0.216. The first-order valence-corrected chi connectivity index (χ1v) is 11.8. The number of benzene rings is 1. The minimum Gasteiger partial charge on any atom is -0.493 e. The third-order valence-electron chi connectivity index (χ3n) is 7.72. The fourth-order valence-electron chi connectivity index (χ4n) is 6.14. The molecule has 2 heterocycles. The SMILES string of the molecule is COc1cc(CN2C[C@H]3CCC[C@H](C2)C3(O)c2nccn2C)ccc1OC1CCCC1. The lowest BCUT2D eigenvalue weighted by Gasteiger charge is -2.52. The second-order valence-corrected chi connectivity index (χ2v) is 9.72. The van der Waals surface area contributed by atoms with Crippen LogP contribution in [0.5, 0.6) is 11.5 Å². The van der Waals surface area contributed by atoms with E-state index in [0.717, 1.165) is 62.6 Å². The van der Waals surface area contributed by atoms with E-state index in [2.05, 4.69) is 28.1 Å². The maximum Gasteiger partial charge on any atom is 0.161 e. The largest absolute Gasteiger partial charge is 0.493 e. The van der Waals surface area contributed by atoms with E-state index < -0.39 is 5.60 Å². The Kier molecular flexibility index (Phi) is 5.69. The molecule has 2 atom stereocenters. The Labute approximate surface area is 185 Å². The van der Waals surface area contributed by atoms with Gasteiger partial charge in [0.05, 0.1) is 13.2 Å². The molecule has 5 rings (SSSR count). The molecule has 1 saturated heterocycles. The van der Waals surface area contributed by atoms with Crippen molar-refractivity contribution in [3.8, 4) is 11.5 Å². The Morgan fingerprint density at radius 3 is 2.45 bits per heavy atom. The van der Waals surface area contributed by atoms with Gasteiger partial charge in [-0.15, -0.1) is 0 Å². The number of methoxy groups -OCH3 is 1. The first-order chi connectivity index (χ1) is 15.1. The van der Waals surface area contributed by atoms with Gasteiger partial charge in [0, 0.05) is 50.9 Å². The molecule has 3 aliphatic rings. The number of aliphatic hydroxyl groups is 1. The first-order valence-electron chi connectivity index (χ1n) is 11.8. The number of piperidine rings is 1. The molecule has 0 spiro atoms. The van der Waals surface area contributed by atoms with Crippen molar-refractivity contribution in [3.63, 3.8) is 0 Å². The molecule has 6 nitrogen and oxygen atoms in total. The number of aromatic nitrogens is 2. The number of fused-ring (bicyclic) bond motifs is 2. The lowest BCUT2D eigenvalue weighted by molar-refractivity contribution is -0.155. The van der Waals surface area contributed by atoms with Gasteiger partial charge in [0.15, 0.2) is 11.5 Å². The van der Waals surface area contributed by atoms with Gasteiger partial charge < -0.3 is 19.1 Å². The second-order valence-electron chi connectivity index (χ2n) is 9.72. The smallest absolute Gasteiger partial charge is 0.161 e. The van der Waals surface area contributed by atoms with Gasteiger partial charge in [0.1, 0.15) is 11.4 Å². The predicted octanol–water partition coefficient (Wildman–Crippen LogP) is 3.87. The topological polar surface area (TPSA) is 59.8 Å². The van der Waals surface area contributed by atoms with Crippen molar-refractivity contribution in [2.45, 2.75) is 63.2 Å². The lowest BCUT2D eigenvalue weighted by atomic mass is 9.65. The van der Waals surface area contributed by atoms with Gasteiger partial charge in [-0.1, -0.05) is 12.5 Å². The van der Waals surface area contributed by atoms with Crippen molar-refractivity contribution in [3.05, 3.63) is 42.0 Å². The summed E-state index contributed by atoms with van der Waals surface area (Å²) in [4.78, 5) is 7.04. The third-order valence-corrected chi connectivity index (χ3v) is 7.72. The van der Waals surface area contributed by atoms with Crippen molar-refractivity contribution in [1.29, 1.82) is 0 Å². The van der Waals surface area contributed by atoms with E-state index in [1.54, 1.807) is 13.3 Å². The summed E-state index contributed by atoms with van der Waals surface area (Å²) in [6.45, 7) is 2.65. The monoisotopic (exact) mass is 425 g/mol. The zero-order valence-electron chi connectivity index (χ0n) is 18.8. The van der Waals surface area contributed by atoms with E-state index >= 15 is 0 Å². The summed E-state index contributed by atoms with van der Waals surface area (Å²) in [5.74, 6) is 2.95. The molecule has 6 heteroatoms. The van der Waals surface area contributed by atoms with Gasteiger partial charge in [-0.2, -0.15) is 0 Å². The molecule has 0 unspecified atom stereocenters. The van der Waals surface area contributed by atoms with Gasteiger partial charge in [-0.25, -0.2) is 4.98 Å². The van der Waals surface area contributed by atoms with Crippen LogP contribution in [0, 0.1) is 11.8 Å². The van der Waals surface area contributed by atoms with Crippen molar-refractivity contribution in [2.75, 3.05) is 20.2 Å². The van der Waals surface area contributed by atoms with Crippen molar-refractivity contribution >= 4 is 0 Å². The number of rotatable bonds is 6. The van der Waals surface area contributed by atoms with E-state index in [9.17, 15) is 5.11 Å². The fourth-order valence-corrected chi connectivity index (χ4v) is 6.14. The molecule has 2 aromatic rings. The highest BCUT2D eigenvalue weighted by Gasteiger charge is 2.53. The first kappa shape index (κ1) is 20.8. The summed E-state index contributed by atoms with van der Waals surface area (Å²) >= 11 is 0. The van der Waals surface area contributed by atoms with Crippen LogP contribution in [0.1, 0.15) is 56.3 Å². The zero-order chi connectivity index (χ0) is 21.4. The van der Waals surface area contributed by atoms with Crippen molar-refractivity contribution < 1.29 is 14.6 Å². The van der Waals surface area contributed by atoms with E-state index in [0.29, 0.717) is 6.10 Å². The molecular weight excluding hydrogens is 390 g/mol. The highest BCUT2D eigenvalue weighted by Crippen LogP contribution is 2.48. The number of nitrogens with zero attached hydrogens (tertiary/aromatic N) is 3. The standard InChI is InChI=1S/C25H35N3O3/c1-27-13-12-26-24(27)25(29)19-6-5-7-20(25)17-28(16-19)15-18-10-11-22(23(14-18)30-2)31-21-8-3-4-9-21/h10-14,19-21,29H,3-9,15-17H2,1-2H3/t19-,20-/m1/s1. The fraction of sp³-hybridized carbons (Fsp3) is 0.640. The predicted molar refractivity (Wildman–Crippen MR) is 119 cm³/mol. The Morgan fingerprint density at radius 1 is 1.06 bits per heavy atom. The van der Waals surface area contributed by atoms with Crippen molar-refractivity contribution in [2.24, 2.45) is 18.9 Å². The van der Waals surface area contributed by atoms with E-state index in [1.165, 1.54) is 24.8 Å². The summed E-state index contributed by atoms with van der Waals surface area (Å²) in [5.41, 5.74) is 0.417. The second kappa shape index (κ2) is 8.47. The molecule has 1 N–H and O–H groups in total. The molecule has 168 valence electrons. The van der Waals surface area contributed by atoms with Crippen LogP contribution in [-0.2, 0) is 19.2 Å². The van der Waals surface area contributed by atoms with Gasteiger partial charge in [0.25, 0.3) is 0 Å². The van der Waals surface area contributed by atoms with Gasteiger partial charge in [0.2, 0.25) is 0 Å². The van der Waals surface area contributed by atoms with E-state index in [1.807, 2.05) is 17.8 Å². The molecule has 2 bridgehead atoms. The summed E-state index contributed by atoms with van der Waals surface area (Å²) in [5, 5.41) is 11.8. The Morgan fingerprint density at radius 2 is 1.81 bits per heavy atom. The lowest BCUT2D eigenvalue weighted by Crippen LogP contribution is -2.58. The summed E-state index contributed by atoms with van der Waals surface area (Å²) in [6.07, 6.45) is 12.2. The number of hydrogen-bond acceptors (Lipinski definition) is 5. The third kappa shape index (κ3) is 3.85. The average molecular weight is 426 g/mol. The van der Waals surface area contributed by atoms with E-state index in [-0.39, 0.29) is 11.8 Å². The molecule has 2 saturated carbocycles. The highest BCUT2D eigenvalue weighted by molar-refractivity contribution is 5.43. The summed E-state index contributed by atoms with van der Waals surface area (Å²) in [7, 11) is 3.71. The summed E-state index contributed by atoms with van der Waals surface area (Å²) in [6, 6.07) is 6.36. The Hall–Kier alpha value is -2.05. The van der Waals surface area contributed by atoms with Gasteiger partial charge >= 0.3 is 0 Å². The number of likely N-dealkylation sites (tertiary alicyclic amines) is 1.